The first kappa shape index (κ1) is 98.3. The van der Waals surface area contributed by atoms with Gasteiger partial charge in [-0.25, -0.2) is 26.3 Å². The summed E-state index contributed by atoms with van der Waals surface area (Å²) < 4.78 is 78.6. The van der Waals surface area contributed by atoms with E-state index in [1.807, 2.05) is 86.6 Å². The van der Waals surface area contributed by atoms with Gasteiger partial charge in [0.05, 0.1) is 29.0 Å². The number of aryl methyl sites for hydroxylation is 3. The van der Waals surface area contributed by atoms with Crippen molar-refractivity contribution < 1.29 is 56.7 Å². The van der Waals surface area contributed by atoms with E-state index in [-0.39, 0.29) is 50.4 Å². The van der Waals surface area contributed by atoms with Gasteiger partial charge in [-0.15, -0.1) is 0 Å². The van der Waals surface area contributed by atoms with Crippen LogP contribution < -0.4 is 31.9 Å². The molecule has 6 saturated carbocycles. The summed E-state index contributed by atoms with van der Waals surface area (Å²) in [6, 6.07) is 48.8. The van der Waals surface area contributed by atoms with Crippen molar-refractivity contribution in [1.82, 2.24) is 0 Å². The average Bonchev–Trinajstić information content (AvgIpc) is 1.82. The van der Waals surface area contributed by atoms with Crippen molar-refractivity contribution >= 4 is 39.9 Å². The summed E-state index contributed by atoms with van der Waals surface area (Å²) in [7, 11) is 0. The standard InChI is InChI=1S/C17H25F2NO.C17H23F2NO.C17H25F2N.C17H27NO.C16H25NO2.C16H25NO/c2*1-2-4-16(21)14-5-3-6-15(11-14)20-12-13-7-9-17(18,19)10-8-13;1-2-3-5-14-6-4-7-16(12-14)20-13-15-8-10-17(18,19)11-9-15;1-2-3-8-15-9-7-10-16(13-15)18-14-17(19)11-5-4-6-12-17;1-2-6-15(18)13-7-5-8-14(11-13)17-12-16(19)9-3-4-10-16;1-2-3-7-14-8-6-9-15(12-14)17-13-16(18)10-4-5-11-16/h3,5-6,11,13,16,20-21H,2,4,7-10,12H2,1H3;3,5-6,11,13,20H,2,4,7-10,12H2,1H3;4,6-7,12,15,20H,2-3,5,8-11,13H2,1H3;7,9-10,13,18-19H,2-6,8,11-12,14H2,1H3;5,7-8,11,15,17-19H,2-4,6,9-10,12H2,1H3;6,8-9,12,17-18H,2-5,7,10-11,13H2,1H3. The van der Waals surface area contributed by atoms with Crippen LogP contribution in [0, 0.1) is 17.8 Å². The van der Waals surface area contributed by atoms with Crippen LogP contribution in [0.4, 0.5) is 60.5 Å². The quantitative estimate of drug-likeness (QED) is 0.0132. The van der Waals surface area contributed by atoms with Crippen LogP contribution in [0.3, 0.4) is 0 Å². The minimum atomic E-state index is -2.47. The number of aliphatic hydroxyl groups is 5. The fourth-order valence-electron chi connectivity index (χ4n) is 16.7. The SMILES string of the molecule is CCCC(=O)c1cccc(NCC2CCC(F)(F)CC2)c1.CCCC(O)c1cccc(NCC2(O)CCCC2)c1.CCCC(O)c1cccc(NCC2CCC(F)(F)CC2)c1.CCCCc1cccc(NCC2(O)CCCC2)c1.CCCCc1cccc(NCC2(O)CCCCC2)c1.CCCCc1cccc(NCC2CCC(F)(F)CC2)c1. The second-order valence-electron chi connectivity index (χ2n) is 35.3. The van der Waals surface area contributed by atoms with Gasteiger partial charge in [0.2, 0.25) is 17.8 Å². The number of halogens is 6. The van der Waals surface area contributed by atoms with Gasteiger partial charge >= 0.3 is 0 Å². The third-order valence-corrected chi connectivity index (χ3v) is 24.6. The molecule has 0 heterocycles. The Kier molecular flexibility index (Phi) is 43.2. The Bertz CT molecular complexity index is 3720. The van der Waals surface area contributed by atoms with Gasteiger partial charge in [0.1, 0.15) is 0 Å². The van der Waals surface area contributed by atoms with Crippen LogP contribution >= 0.6 is 0 Å². The molecule has 0 aromatic heterocycles. The number of rotatable bonds is 36. The van der Waals surface area contributed by atoms with Crippen LogP contribution in [0.5, 0.6) is 0 Å². The predicted octanol–water partition coefficient (Wildman–Crippen LogP) is 26.1. The van der Waals surface area contributed by atoms with Crippen LogP contribution in [0.2, 0.25) is 0 Å². The highest BCUT2D eigenvalue weighted by atomic mass is 19.3. The molecular weight excluding hydrogens is 1500 g/mol. The Labute approximate surface area is 705 Å². The fraction of sp³-hybridized carbons (Fsp3) is 0.630. The predicted molar refractivity (Wildman–Crippen MR) is 480 cm³/mol. The lowest BCUT2D eigenvalue weighted by Gasteiger charge is -2.32. The molecule has 18 heteroatoms. The highest BCUT2D eigenvalue weighted by molar-refractivity contribution is 5.96. The maximum absolute atomic E-state index is 13.1. The van der Waals surface area contributed by atoms with Crippen molar-refractivity contribution in [3.05, 3.63) is 179 Å². The van der Waals surface area contributed by atoms with Gasteiger partial charge in [0.25, 0.3) is 0 Å². The van der Waals surface area contributed by atoms with Gasteiger partial charge in [-0.1, -0.05) is 191 Å². The molecule has 0 amide bonds. The number of aliphatic hydroxyl groups excluding tert-OH is 2. The lowest BCUT2D eigenvalue weighted by atomic mass is 9.85. The van der Waals surface area contributed by atoms with Gasteiger partial charge in [-0.05, 0) is 253 Å². The summed E-state index contributed by atoms with van der Waals surface area (Å²) in [5.74, 6) is -6.21. The number of anilines is 6. The number of hydrogen-bond donors (Lipinski definition) is 11. The van der Waals surface area contributed by atoms with E-state index >= 15 is 0 Å². The van der Waals surface area contributed by atoms with Crippen molar-refractivity contribution in [3.8, 4) is 0 Å². The van der Waals surface area contributed by atoms with Crippen LogP contribution in [-0.2, 0) is 19.3 Å². The summed E-state index contributed by atoms with van der Waals surface area (Å²) in [6.45, 7) is 16.9. The third-order valence-electron chi connectivity index (χ3n) is 24.6. The second kappa shape index (κ2) is 51.8. The molecule has 0 spiro atoms. The molecule has 2 unspecified atom stereocenters. The first-order valence-corrected chi connectivity index (χ1v) is 45.9. The maximum atomic E-state index is 13.1. The summed E-state index contributed by atoms with van der Waals surface area (Å²) >= 11 is 0. The molecule has 6 aliphatic carbocycles. The molecule has 0 radical (unpaired) electrons. The first-order valence-electron chi connectivity index (χ1n) is 45.9. The zero-order chi connectivity index (χ0) is 85.1. The summed E-state index contributed by atoms with van der Waals surface area (Å²) in [5.41, 5.74) is 11.5. The van der Waals surface area contributed by atoms with E-state index < -0.39 is 40.7 Å². The smallest absolute Gasteiger partial charge is 0.248 e. The number of carbonyl (C=O) groups is 1. The molecule has 658 valence electrons. The monoisotopic (exact) mass is 1650 g/mol. The van der Waals surface area contributed by atoms with Crippen LogP contribution in [0.1, 0.15) is 329 Å². The minimum Gasteiger partial charge on any atom is -0.388 e. The van der Waals surface area contributed by atoms with Crippen molar-refractivity contribution in [1.29, 1.82) is 0 Å². The van der Waals surface area contributed by atoms with Crippen molar-refractivity contribution in [3.63, 3.8) is 0 Å². The van der Waals surface area contributed by atoms with Gasteiger partial charge < -0.3 is 57.4 Å². The van der Waals surface area contributed by atoms with E-state index in [1.165, 1.54) is 61.6 Å². The average molecular weight is 1650 g/mol. The largest absolute Gasteiger partial charge is 0.388 e. The first-order chi connectivity index (χ1) is 56.6. The molecular formula is C100H150F6N6O6. The molecule has 0 saturated heterocycles. The van der Waals surface area contributed by atoms with Crippen molar-refractivity contribution in [2.24, 2.45) is 17.8 Å². The van der Waals surface area contributed by atoms with Crippen LogP contribution in [0.25, 0.3) is 0 Å². The van der Waals surface area contributed by atoms with Crippen LogP contribution in [0.15, 0.2) is 146 Å². The Morgan fingerprint density at radius 1 is 0.347 bits per heavy atom. The molecule has 12 rings (SSSR count). The number of carbonyl (C=O) groups excluding carboxylic acids is 1. The van der Waals surface area contributed by atoms with E-state index in [9.17, 15) is 56.7 Å². The number of nitrogens with one attached hydrogen (secondary N) is 6. The minimum absolute atomic E-state index is 0.00558. The Morgan fingerprint density at radius 2 is 0.627 bits per heavy atom. The summed E-state index contributed by atoms with van der Waals surface area (Å²) in [6.07, 6.45) is 32.2. The van der Waals surface area contributed by atoms with E-state index in [0.717, 1.165) is 192 Å². The van der Waals surface area contributed by atoms with Gasteiger partial charge in [0, 0.05) is 124 Å². The molecule has 0 bridgehead atoms. The topological polar surface area (TPSA) is 190 Å². The molecule has 6 aliphatic rings. The van der Waals surface area contributed by atoms with Crippen molar-refractivity contribution in [2.45, 2.75) is 345 Å². The zero-order valence-electron chi connectivity index (χ0n) is 72.7. The number of alkyl halides is 6. The number of hydrogen-bond acceptors (Lipinski definition) is 12. The van der Waals surface area contributed by atoms with E-state index in [4.69, 9.17) is 0 Å². The highest BCUT2D eigenvalue weighted by Crippen LogP contribution is 2.40. The van der Waals surface area contributed by atoms with E-state index in [2.05, 4.69) is 132 Å². The molecule has 6 aromatic rings. The number of unbranched alkanes of at least 4 members (excludes halogenated alkanes) is 3. The molecule has 11 N–H and O–H groups in total. The zero-order valence-corrected chi connectivity index (χ0v) is 72.7. The van der Waals surface area contributed by atoms with Gasteiger partial charge in [-0.2, -0.15) is 0 Å². The van der Waals surface area contributed by atoms with Crippen molar-refractivity contribution in [2.75, 3.05) is 71.2 Å². The molecule has 6 fully saturated rings. The highest BCUT2D eigenvalue weighted by Gasteiger charge is 2.38. The second-order valence-corrected chi connectivity index (χ2v) is 35.3. The molecule has 0 aliphatic heterocycles. The van der Waals surface area contributed by atoms with Gasteiger partial charge in [0.15, 0.2) is 5.78 Å². The number of benzene rings is 6. The maximum Gasteiger partial charge on any atom is 0.248 e. The van der Waals surface area contributed by atoms with E-state index in [0.29, 0.717) is 88.9 Å². The molecule has 118 heavy (non-hydrogen) atoms. The Hall–Kier alpha value is -6.83. The molecule has 12 nitrogen and oxygen atoms in total. The Balaban J connectivity index is 0.000000196. The molecule has 2 atom stereocenters. The lowest BCUT2D eigenvalue weighted by molar-refractivity contribution is -0.0448. The Morgan fingerprint density at radius 3 is 0.941 bits per heavy atom. The fourth-order valence-corrected chi connectivity index (χ4v) is 16.7. The normalized spacial score (nSPS) is 18.9. The lowest BCUT2D eigenvalue weighted by Crippen LogP contribution is -2.38. The summed E-state index contributed by atoms with van der Waals surface area (Å²) in [4.78, 5) is 11.9. The third kappa shape index (κ3) is 38.1. The van der Waals surface area contributed by atoms with Crippen LogP contribution in [-0.4, -0.2) is 105 Å². The van der Waals surface area contributed by atoms with E-state index in [1.54, 1.807) is 0 Å². The van der Waals surface area contributed by atoms with Gasteiger partial charge in [-0.3, -0.25) is 4.79 Å². The molecule has 6 aromatic carbocycles. The summed E-state index contributed by atoms with van der Waals surface area (Å²) in [5, 5.41) is 71.2. The number of ketones is 1. The number of Topliss-reactive ketones (excluding diaryl/α,β-unsaturated/α-hetero) is 1.